The van der Waals surface area contributed by atoms with Gasteiger partial charge in [0, 0.05) is 35.9 Å². The second kappa shape index (κ2) is 11.2. The Morgan fingerprint density at radius 2 is 1.79 bits per heavy atom. The first-order valence-electron chi connectivity index (χ1n) is 10.8. The van der Waals surface area contributed by atoms with Crippen molar-refractivity contribution < 1.29 is 28.7 Å². The van der Waals surface area contributed by atoms with Crippen molar-refractivity contribution in [1.29, 1.82) is 0 Å². The average molecular weight is 466 g/mol. The maximum Gasteiger partial charge on any atom is 0.336 e. The number of nitro groups is 1. The van der Waals surface area contributed by atoms with E-state index < -0.39 is 28.7 Å². The molecule has 0 saturated heterocycles. The fraction of sp³-hybridized carbons (Fsp3) is 0.320. The lowest BCUT2D eigenvalue weighted by molar-refractivity contribution is -0.384. The van der Waals surface area contributed by atoms with E-state index in [1.165, 1.54) is 25.3 Å². The number of carbonyl (C=O) groups excluding carboxylic acids is 2. The zero-order valence-corrected chi connectivity index (χ0v) is 19.2. The molecule has 0 fully saturated rings. The first-order chi connectivity index (χ1) is 16.3. The van der Waals surface area contributed by atoms with Crippen LogP contribution in [0.1, 0.15) is 31.7 Å². The first kappa shape index (κ1) is 24.6. The number of nitro benzene ring substituents is 1. The number of non-ortho nitro benzene ring substituents is 1. The number of para-hydroxylation sites is 1. The summed E-state index contributed by atoms with van der Waals surface area (Å²) in [5.41, 5.74) is 1.29. The summed E-state index contributed by atoms with van der Waals surface area (Å²) in [6, 6.07) is 15.1. The van der Waals surface area contributed by atoms with Crippen LogP contribution in [0.2, 0.25) is 0 Å². The van der Waals surface area contributed by atoms with Crippen LogP contribution in [-0.2, 0) is 19.1 Å². The summed E-state index contributed by atoms with van der Waals surface area (Å²) in [6.45, 7) is 3.76. The summed E-state index contributed by atoms with van der Waals surface area (Å²) in [4.78, 5) is 41.0. The van der Waals surface area contributed by atoms with Gasteiger partial charge in [0.15, 0.2) is 0 Å². The molecule has 1 heterocycles. The molecule has 3 rings (SSSR count). The van der Waals surface area contributed by atoms with Crippen molar-refractivity contribution in [1.82, 2.24) is 0 Å². The smallest absolute Gasteiger partial charge is 0.336 e. The minimum absolute atomic E-state index is 0.0929. The molecule has 2 atom stereocenters. The zero-order chi connectivity index (χ0) is 24.7. The van der Waals surface area contributed by atoms with E-state index in [9.17, 15) is 19.7 Å². The van der Waals surface area contributed by atoms with E-state index in [-0.39, 0.29) is 17.9 Å². The van der Waals surface area contributed by atoms with Gasteiger partial charge < -0.3 is 14.2 Å². The van der Waals surface area contributed by atoms with Crippen LogP contribution in [0.5, 0.6) is 5.75 Å². The van der Waals surface area contributed by atoms with Crippen molar-refractivity contribution >= 4 is 23.3 Å². The highest BCUT2D eigenvalue weighted by Crippen LogP contribution is 2.40. The Bertz CT molecular complexity index is 1130. The first-order valence-corrected chi connectivity index (χ1v) is 10.8. The van der Waals surface area contributed by atoms with Crippen LogP contribution in [0.15, 0.2) is 70.9 Å². The Kier molecular flexibility index (Phi) is 8.13. The largest absolute Gasteiger partial charge is 0.493 e. The lowest BCUT2D eigenvalue weighted by Crippen LogP contribution is -2.36. The van der Waals surface area contributed by atoms with Gasteiger partial charge in [-0.05, 0) is 31.5 Å². The number of aliphatic imine (C=N–C) groups is 1. The van der Waals surface area contributed by atoms with Crippen molar-refractivity contribution in [3.05, 3.63) is 81.5 Å². The summed E-state index contributed by atoms with van der Waals surface area (Å²) in [6.07, 6.45) is 0.456. The minimum atomic E-state index is -0.917. The Morgan fingerprint density at radius 1 is 1.06 bits per heavy atom. The molecule has 178 valence electrons. The monoisotopic (exact) mass is 466 g/mol. The normalized spacial score (nSPS) is 17.6. The standard InChI is InChI=1S/C25H26N2O7/c1-16-21(24(28)32-3)23(18-9-7-10-19(15-18)27(30)31)22(17(2)26-16)25(29)34-14-8-13-33-20-11-5-4-6-12-20/h4-7,9-12,15,21,23H,8,13-14H2,1-3H3. The number of esters is 2. The topological polar surface area (TPSA) is 117 Å². The summed E-state index contributed by atoms with van der Waals surface area (Å²) in [7, 11) is 1.25. The molecule has 2 aromatic carbocycles. The van der Waals surface area contributed by atoms with Crippen LogP contribution < -0.4 is 4.74 Å². The summed E-state index contributed by atoms with van der Waals surface area (Å²) >= 11 is 0. The molecule has 34 heavy (non-hydrogen) atoms. The van der Waals surface area contributed by atoms with Gasteiger partial charge in [0.25, 0.3) is 5.69 Å². The molecule has 0 amide bonds. The molecule has 1 aliphatic rings. The van der Waals surface area contributed by atoms with Gasteiger partial charge >= 0.3 is 11.9 Å². The molecule has 0 radical (unpaired) electrons. The molecule has 0 aliphatic carbocycles. The highest BCUT2D eigenvalue weighted by atomic mass is 16.6. The Morgan fingerprint density at radius 3 is 2.47 bits per heavy atom. The summed E-state index contributed by atoms with van der Waals surface area (Å²) < 4.78 is 16.1. The number of carbonyl (C=O) groups is 2. The molecular weight excluding hydrogens is 440 g/mol. The lowest BCUT2D eigenvalue weighted by atomic mass is 9.75. The zero-order valence-electron chi connectivity index (χ0n) is 19.2. The van der Waals surface area contributed by atoms with Crippen molar-refractivity contribution in [3.63, 3.8) is 0 Å². The Balaban J connectivity index is 1.82. The molecule has 9 heteroatoms. The highest BCUT2D eigenvalue weighted by Gasteiger charge is 2.42. The Labute approximate surface area is 197 Å². The van der Waals surface area contributed by atoms with Gasteiger partial charge in [0.1, 0.15) is 11.7 Å². The van der Waals surface area contributed by atoms with Crippen molar-refractivity contribution in [2.75, 3.05) is 20.3 Å². The van der Waals surface area contributed by atoms with Crippen molar-refractivity contribution in [2.24, 2.45) is 10.9 Å². The van der Waals surface area contributed by atoms with Crippen LogP contribution in [0.25, 0.3) is 0 Å². The van der Waals surface area contributed by atoms with E-state index in [0.717, 1.165) is 5.75 Å². The van der Waals surface area contributed by atoms with Crippen LogP contribution in [0.4, 0.5) is 5.69 Å². The van der Waals surface area contributed by atoms with Crippen LogP contribution in [-0.4, -0.2) is 42.9 Å². The molecule has 0 aromatic heterocycles. The van der Waals surface area contributed by atoms with E-state index in [1.54, 1.807) is 19.9 Å². The number of hydrogen-bond acceptors (Lipinski definition) is 8. The van der Waals surface area contributed by atoms with Crippen molar-refractivity contribution in [2.45, 2.75) is 26.2 Å². The quantitative estimate of drug-likeness (QED) is 0.235. The van der Waals surface area contributed by atoms with Crippen LogP contribution in [0.3, 0.4) is 0 Å². The maximum atomic E-state index is 13.1. The molecule has 2 aromatic rings. The van der Waals surface area contributed by atoms with Crippen molar-refractivity contribution in [3.8, 4) is 5.75 Å². The fourth-order valence-electron chi connectivity index (χ4n) is 3.93. The molecule has 0 spiro atoms. The third-order valence-electron chi connectivity index (χ3n) is 5.48. The Hall–Kier alpha value is -4.01. The summed E-state index contributed by atoms with van der Waals surface area (Å²) in [5, 5.41) is 11.3. The number of nitrogens with zero attached hydrogens (tertiary/aromatic N) is 2. The predicted molar refractivity (Wildman–Crippen MR) is 125 cm³/mol. The number of allylic oxidation sites excluding steroid dienone is 1. The van der Waals surface area contributed by atoms with Gasteiger partial charge in [0.05, 0.1) is 30.8 Å². The molecule has 2 unspecified atom stereocenters. The molecule has 9 nitrogen and oxygen atoms in total. The number of ether oxygens (including phenoxy) is 3. The molecule has 0 saturated carbocycles. The maximum absolute atomic E-state index is 13.1. The fourth-order valence-corrected chi connectivity index (χ4v) is 3.93. The summed E-state index contributed by atoms with van der Waals surface area (Å²) in [5.74, 6) is -2.26. The number of hydrogen-bond donors (Lipinski definition) is 0. The second-order valence-corrected chi connectivity index (χ2v) is 7.73. The minimum Gasteiger partial charge on any atom is -0.493 e. The van der Waals surface area contributed by atoms with Crippen LogP contribution >= 0.6 is 0 Å². The molecule has 1 aliphatic heterocycles. The van der Waals surface area contributed by atoms with Gasteiger partial charge in [0.2, 0.25) is 0 Å². The number of benzene rings is 2. The number of methoxy groups -OCH3 is 1. The van der Waals surface area contributed by atoms with Gasteiger partial charge in [-0.25, -0.2) is 4.79 Å². The molecule has 0 bridgehead atoms. The van der Waals surface area contributed by atoms with E-state index in [1.807, 2.05) is 30.3 Å². The van der Waals surface area contributed by atoms with Gasteiger partial charge in [-0.3, -0.25) is 19.9 Å². The van der Waals surface area contributed by atoms with Gasteiger partial charge in [-0.15, -0.1) is 0 Å². The van der Waals surface area contributed by atoms with E-state index in [2.05, 4.69) is 4.99 Å². The van der Waals surface area contributed by atoms with Gasteiger partial charge in [-0.2, -0.15) is 0 Å². The van der Waals surface area contributed by atoms with Gasteiger partial charge in [-0.1, -0.05) is 30.3 Å². The second-order valence-electron chi connectivity index (χ2n) is 7.73. The number of rotatable bonds is 9. The molecule has 0 N–H and O–H groups in total. The third kappa shape index (κ3) is 5.67. The predicted octanol–water partition coefficient (Wildman–Crippen LogP) is 4.23. The van der Waals surface area contributed by atoms with E-state index in [0.29, 0.717) is 30.0 Å². The SMILES string of the molecule is COC(=O)C1C(C)=NC(C)=C(C(=O)OCCCOc2ccccc2)C1c1cccc([N+](=O)[O-])c1. The third-order valence-corrected chi connectivity index (χ3v) is 5.48. The average Bonchev–Trinajstić information content (AvgIpc) is 2.83. The van der Waals surface area contributed by atoms with Crippen LogP contribution in [0, 0.1) is 16.0 Å². The highest BCUT2D eigenvalue weighted by molar-refractivity contribution is 6.07. The molecular formula is C25H26N2O7. The van der Waals surface area contributed by atoms with E-state index >= 15 is 0 Å². The van der Waals surface area contributed by atoms with E-state index in [4.69, 9.17) is 14.2 Å². The lowest BCUT2D eigenvalue weighted by Gasteiger charge is -2.31.